The molecule has 0 saturated carbocycles. The summed E-state index contributed by atoms with van der Waals surface area (Å²) in [6.45, 7) is 0.590. The lowest BCUT2D eigenvalue weighted by atomic mass is 9.79. The zero-order chi connectivity index (χ0) is 17.3. The van der Waals surface area contributed by atoms with Crippen LogP contribution in [-0.4, -0.2) is 0 Å². The quantitative estimate of drug-likeness (QED) is 0.564. The summed E-state index contributed by atoms with van der Waals surface area (Å²) in [7, 11) is 0. The van der Waals surface area contributed by atoms with Crippen molar-refractivity contribution < 1.29 is 4.74 Å². The second-order valence-corrected chi connectivity index (χ2v) is 7.96. The summed E-state index contributed by atoms with van der Waals surface area (Å²) in [4.78, 5) is 1.41. The van der Waals surface area contributed by atoms with E-state index in [0.717, 1.165) is 17.9 Å². The molecule has 1 aliphatic heterocycles. The SMILES string of the molecule is C1=CC2c3cccc(OCc4ccccc4)c3NC(c3cccs3)C2C1. The van der Waals surface area contributed by atoms with Gasteiger partial charge in [-0.3, -0.25) is 0 Å². The minimum Gasteiger partial charge on any atom is -0.487 e. The van der Waals surface area contributed by atoms with Gasteiger partial charge in [-0.25, -0.2) is 0 Å². The van der Waals surface area contributed by atoms with Gasteiger partial charge in [0.2, 0.25) is 0 Å². The Morgan fingerprint density at radius 2 is 1.92 bits per heavy atom. The topological polar surface area (TPSA) is 21.3 Å². The summed E-state index contributed by atoms with van der Waals surface area (Å²) in [6, 6.07) is 21.5. The van der Waals surface area contributed by atoms with Crippen LogP contribution in [0.15, 0.2) is 78.2 Å². The van der Waals surface area contributed by atoms with Crippen molar-refractivity contribution in [2.24, 2.45) is 5.92 Å². The van der Waals surface area contributed by atoms with Crippen molar-refractivity contribution in [3.63, 3.8) is 0 Å². The van der Waals surface area contributed by atoms with Gasteiger partial charge in [-0.05, 0) is 41.0 Å². The van der Waals surface area contributed by atoms with Crippen LogP contribution in [0.3, 0.4) is 0 Å². The number of para-hydroxylation sites is 1. The van der Waals surface area contributed by atoms with Crippen LogP contribution in [0.2, 0.25) is 0 Å². The van der Waals surface area contributed by atoms with E-state index in [2.05, 4.69) is 77.4 Å². The lowest BCUT2D eigenvalue weighted by Crippen LogP contribution is -2.28. The molecule has 130 valence electrons. The molecule has 0 bridgehead atoms. The Morgan fingerprint density at radius 1 is 1.00 bits per heavy atom. The van der Waals surface area contributed by atoms with Crippen LogP contribution in [0.5, 0.6) is 5.75 Å². The number of thiophene rings is 1. The summed E-state index contributed by atoms with van der Waals surface area (Å²) in [5.74, 6) is 2.01. The standard InChI is InChI=1S/C23H21NOS/c1-2-7-16(8-3-1)15-25-20-12-5-11-18-17-9-4-10-19(17)23(24-22(18)20)21-13-6-14-26-21/h1-9,11-14,17,19,23-24H,10,15H2. The Hall–Kier alpha value is -2.52. The number of fused-ring (bicyclic) bond motifs is 3. The maximum absolute atomic E-state index is 6.22. The first kappa shape index (κ1) is 15.7. The first-order chi connectivity index (χ1) is 12.9. The van der Waals surface area contributed by atoms with Gasteiger partial charge in [-0.2, -0.15) is 0 Å². The van der Waals surface area contributed by atoms with Crippen LogP contribution in [0.4, 0.5) is 5.69 Å². The Kier molecular flexibility index (Phi) is 4.02. The highest BCUT2D eigenvalue weighted by molar-refractivity contribution is 7.10. The van der Waals surface area contributed by atoms with E-state index >= 15 is 0 Å². The number of hydrogen-bond donors (Lipinski definition) is 1. The third-order valence-corrected chi connectivity index (χ3v) is 6.40. The molecule has 5 rings (SSSR count). The fourth-order valence-corrected chi connectivity index (χ4v) is 5.05. The third kappa shape index (κ3) is 2.73. The molecule has 0 spiro atoms. The molecule has 2 heterocycles. The predicted octanol–water partition coefficient (Wildman–Crippen LogP) is 6.15. The molecule has 0 saturated heterocycles. The Labute approximate surface area is 158 Å². The number of benzene rings is 2. The van der Waals surface area contributed by atoms with Crippen LogP contribution >= 0.6 is 11.3 Å². The zero-order valence-electron chi connectivity index (χ0n) is 14.5. The molecular formula is C23H21NOS. The van der Waals surface area contributed by atoms with E-state index in [4.69, 9.17) is 4.74 Å². The fraction of sp³-hybridized carbons (Fsp3) is 0.217. The molecular weight excluding hydrogens is 338 g/mol. The molecule has 3 atom stereocenters. The maximum atomic E-state index is 6.22. The molecule has 2 aliphatic rings. The second kappa shape index (κ2) is 6.65. The van der Waals surface area contributed by atoms with Crippen LogP contribution in [-0.2, 0) is 6.61 Å². The Morgan fingerprint density at radius 3 is 2.77 bits per heavy atom. The van der Waals surface area contributed by atoms with Crippen LogP contribution in [0, 0.1) is 5.92 Å². The second-order valence-electron chi connectivity index (χ2n) is 6.99. The fourth-order valence-electron chi connectivity index (χ4n) is 4.20. The smallest absolute Gasteiger partial charge is 0.143 e. The minimum absolute atomic E-state index is 0.351. The number of rotatable bonds is 4. The van der Waals surface area contributed by atoms with E-state index in [0.29, 0.717) is 24.5 Å². The van der Waals surface area contributed by atoms with Gasteiger partial charge in [0, 0.05) is 10.8 Å². The van der Waals surface area contributed by atoms with Crippen LogP contribution in [0.1, 0.15) is 34.4 Å². The van der Waals surface area contributed by atoms with Crippen molar-refractivity contribution in [1.29, 1.82) is 0 Å². The monoisotopic (exact) mass is 359 g/mol. The van der Waals surface area contributed by atoms with Gasteiger partial charge in [0.05, 0.1) is 11.7 Å². The van der Waals surface area contributed by atoms with E-state index in [9.17, 15) is 0 Å². The zero-order valence-corrected chi connectivity index (χ0v) is 15.3. The van der Waals surface area contributed by atoms with Crippen molar-refractivity contribution in [2.75, 3.05) is 5.32 Å². The lowest BCUT2D eigenvalue weighted by molar-refractivity contribution is 0.304. The van der Waals surface area contributed by atoms with Gasteiger partial charge in [0.25, 0.3) is 0 Å². The van der Waals surface area contributed by atoms with Gasteiger partial charge >= 0.3 is 0 Å². The van der Waals surface area contributed by atoms with Gasteiger partial charge in [0.15, 0.2) is 0 Å². The molecule has 3 aromatic rings. The molecule has 1 aliphatic carbocycles. The molecule has 0 amide bonds. The summed E-state index contributed by atoms with van der Waals surface area (Å²) in [6.07, 6.45) is 5.85. The van der Waals surface area contributed by atoms with Crippen molar-refractivity contribution in [3.8, 4) is 5.75 Å². The molecule has 2 nitrogen and oxygen atoms in total. The van der Waals surface area contributed by atoms with Crippen molar-refractivity contribution in [2.45, 2.75) is 25.0 Å². The highest BCUT2D eigenvalue weighted by Gasteiger charge is 2.39. The highest BCUT2D eigenvalue weighted by Crippen LogP contribution is 2.52. The van der Waals surface area contributed by atoms with Crippen LogP contribution < -0.4 is 10.1 Å². The minimum atomic E-state index is 0.351. The molecule has 2 aromatic carbocycles. The first-order valence-electron chi connectivity index (χ1n) is 9.16. The van der Waals surface area contributed by atoms with Crippen molar-refractivity contribution in [3.05, 3.63) is 94.2 Å². The molecule has 0 radical (unpaired) electrons. The lowest BCUT2D eigenvalue weighted by Gasteiger charge is -2.37. The van der Waals surface area contributed by atoms with E-state index in [1.165, 1.54) is 16.0 Å². The first-order valence-corrected chi connectivity index (χ1v) is 10.0. The van der Waals surface area contributed by atoms with E-state index in [1.54, 1.807) is 0 Å². The number of anilines is 1. The van der Waals surface area contributed by atoms with Gasteiger partial charge in [-0.15, -0.1) is 11.3 Å². The van der Waals surface area contributed by atoms with E-state index in [1.807, 2.05) is 17.4 Å². The molecule has 26 heavy (non-hydrogen) atoms. The summed E-state index contributed by atoms with van der Waals surface area (Å²) in [5, 5.41) is 5.99. The molecule has 1 N–H and O–H groups in total. The summed E-state index contributed by atoms with van der Waals surface area (Å²) < 4.78 is 6.22. The molecule has 0 fully saturated rings. The van der Waals surface area contributed by atoms with Crippen molar-refractivity contribution in [1.82, 2.24) is 0 Å². The third-order valence-electron chi connectivity index (χ3n) is 5.45. The number of allylic oxidation sites excluding steroid dienone is 2. The van der Waals surface area contributed by atoms with Gasteiger partial charge in [-0.1, -0.05) is 60.7 Å². The number of hydrogen-bond acceptors (Lipinski definition) is 3. The van der Waals surface area contributed by atoms with Gasteiger partial charge in [0.1, 0.15) is 12.4 Å². The Balaban J connectivity index is 1.49. The predicted molar refractivity (Wildman–Crippen MR) is 108 cm³/mol. The van der Waals surface area contributed by atoms with E-state index in [-0.39, 0.29) is 0 Å². The average molecular weight is 359 g/mol. The van der Waals surface area contributed by atoms with E-state index < -0.39 is 0 Å². The Bertz CT molecular complexity index is 917. The normalized spacial score (nSPS) is 23.2. The van der Waals surface area contributed by atoms with Gasteiger partial charge < -0.3 is 10.1 Å². The molecule has 1 aromatic heterocycles. The average Bonchev–Trinajstić information content (AvgIpc) is 3.38. The largest absolute Gasteiger partial charge is 0.487 e. The molecule has 3 heteroatoms. The summed E-state index contributed by atoms with van der Waals surface area (Å²) >= 11 is 1.84. The van der Waals surface area contributed by atoms with Crippen molar-refractivity contribution >= 4 is 17.0 Å². The highest BCUT2D eigenvalue weighted by atomic mass is 32.1. The number of nitrogens with one attached hydrogen (secondary N) is 1. The maximum Gasteiger partial charge on any atom is 0.143 e. The molecule has 3 unspecified atom stereocenters. The summed E-state index contributed by atoms with van der Waals surface area (Å²) in [5.41, 5.74) is 3.71. The number of ether oxygens (including phenoxy) is 1. The van der Waals surface area contributed by atoms with Crippen LogP contribution in [0.25, 0.3) is 0 Å².